The van der Waals surface area contributed by atoms with E-state index in [1.54, 1.807) is 30.4 Å². The van der Waals surface area contributed by atoms with Gasteiger partial charge in [-0.1, -0.05) is 33.8 Å². The Bertz CT molecular complexity index is 567. The third kappa shape index (κ3) is 4.89. The van der Waals surface area contributed by atoms with E-state index in [-0.39, 0.29) is 5.54 Å². The standard InChI is InChI=1S/C15H18BrN3S/c1-15(2,3)19-9-11-4-5-12(8-13(11)16)20-14-10-17-6-7-18-14/h4-8,10,19H,9H2,1-3H3. The predicted octanol–water partition coefficient (Wildman–Crippen LogP) is 4.28. The highest BCUT2D eigenvalue weighted by Gasteiger charge is 2.10. The molecule has 0 aliphatic heterocycles. The Labute approximate surface area is 132 Å². The molecule has 0 atom stereocenters. The van der Waals surface area contributed by atoms with Crippen molar-refractivity contribution in [2.24, 2.45) is 0 Å². The zero-order valence-electron chi connectivity index (χ0n) is 11.9. The van der Waals surface area contributed by atoms with Gasteiger partial charge in [0, 0.05) is 33.8 Å². The highest BCUT2D eigenvalue weighted by Crippen LogP contribution is 2.29. The maximum absolute atomic E-state index is 4.27. The molecule has 0 radical (unpaired) electrons. The molecule has 0 aliphatic carbocycles. The Balaban J connectivity index is 2.06. The van der Waals surface area contributed by atoms with Gasteiger partial charge in [0.2, 0.25) is 0 Å². The predicted molar refractivity (Wildman–Crippen MR) is 86.9 cm³/mol. The highest BCUT2D eigenvalue weighted by molar-refractivity contribution is 9.10. The van der Waals surface area contributed by atoms with Crippen molar-refractivity contribution in [2.75, 3.05) is 0 Å². The van der Waals surface area contributed by atoms with E-state index in [0.717, 1.165) is 20.9 Å². The van der Waals surface area contributed by atoms with E-state index in [0.29, 0.717) is 0 Å². The first-order valence-electron chi connectivity index (χ1n) is 6.41. The molecule has 3 nitrogen and oxygen atoms in total. The summed E-state index contributed by atoms with van der Waals surface area (Å²) in [5.74, 6) is 0. The third-order valence-electron chi connectivity index (χ3n) is 2.60. The van der Waals surface area contributed by atoms with Crippen molar-refractivity contribution in [3.05, 3.63) is 46.8 Å². The van der Waals surface area contributed by atoms with E-state index in [9.17, 15) is 0 Å². The summed E-state index contributed by atoms with van der Waals surface area (Å²) < 4.78 is 1.11. The van der Waals surface area contributed by atoms with E-state index < -0.39 is 0 Å². The Kier molecular flexibility index (Phi) is 5.18. The van der Waals surface area contributed by atoms with E-state index in [1.165, 1.54) is 5.56 Å². The van der Waals surface area contributed by atoms with E-state index in [2.05, 4.69) is 70.2 Å². The summed E-state index contributed by atoms with van der Waals surface area (Å²) in [5, 5.41) is 4.39. The van der Waals surface area contributed by atoms with Gasteiger partial charge in [-0.15, -0.1) is 0 Å². The summed E-state index contributed by atoms with van der Waals surface area (Å²) >= 11 is 5.25. The van der Waals surface area contributed by atoms with Crippen LogP contribution >= 0.6 is 27.7 Å². The number of hydrogen-bond donors (Lipinski definition) is 1. The summed E-state index contributed by atoms with van der Waals surface area (Å²) in [6, 6.07) is 6.38. The summed E-state index contributed by atoms with van der Waals surface area (Å²) in [4.78, 5) is 9.49. The summed E-state index contributed by atoms with van der Waals surface area (Å²) in [6.45, 7) is 7.35. The van der Waals surface area contributed by atoms with Crippen LogP contribution in [0.5, 0.6) is 0 Å². The Morgan fingerprint density at radius 2 is 2.05 bits per heavy atom. The molecule has 0 fully saturated rings. The number of nitrogens with one attached hydrogen (secondary N) is 1. The third-order valence-corrected chi connectivity index (χ3v) is 4.24. The van der Waals surface area contributed by atoms with Crippen molar-refractivity contribution in [1.82, 2.24) is 15.3 Å². The quantitative estimate of drug-likeness (QED) is 0.891. The second-order valence-electron chi connectivity index (χ2n) is 5.50. The molecule has 0 aliphatic rings. The van der Waals surface area contributed by atoms with Crippen LogP contribution in [0.1, 0.15) is 26.3 Å². The lowest BCUT2D eigenvalue weighted by Gasteiger charge is -2.21. The molecule has 0 bridgehead atoms. The first-order chi connectivity index (χ1) is 9.44. The van der Waals surface area contributed by atoms with Gasteiger partial charge >= 0.3 is 0 Å². The van der Waals surface area contributed by atoms with Gasteiger partial charge in [-0.25, -0.2) is 4.98 Å². The van der Waals surface area contributed by atoms with Crippen molar-refractivity contribution in [1.29, 1.82) is 0 Å². The molecule has 0 saturated carbocycles. The smallest absolute Gasteiger partial charge is 0.119 e. The number of aromatic nitrogens is 2. The molecule has 0 saturated heterocycles. The maximum Gasteiger partial charge on any atom is 0.119 e. The van der Waals surface area contributed by atoms with Gasteiger partial charge in [0.25, 0.3) is 0 Å². The molecule has 0 spiro atoms. The molecule has 20 heavy (non-hydrogen) atoms. The number of rotatable bonds is 4. The fourth-order valence-corrected chi connectivity index (χ4v) is 3.01. The van der Waals surface area contributed by atoms with Crippen LogP contribution in [0.4, 0.5) is 0 Å². The molecule has 2 rings (SSSR count). The van der Waals surface area contributed by atoms with Gasteiger partial charge in [-0.05, 0) is 38.5 Å². The Morgan fingerprint density at radius 1 is 1.25 bits per heavy atom. The molecule has 1 aromatic carbocycles. The van der Waals surface area contributed by atoms with E-state index in [4.69, 9.17) is 0 Å². The number of hydrogen-bond acceptors (Lipinski definition) is 4. The lowest BCUT2D eigenvalue weighted by molar-refractivity contribution is 0.424. The SMILES string of the molecule is CC(C)(C)NCc1ccc(Sc2cnccn2)cc1Br. The van der Waals surface area contributed by atoms with Crippen LogP contribution in [0.2, 0.25) is 0 Å². The summed E-state index contributed by atoms with van der Waals surface area (Å²) in [7, 11) is 0. The normalized spacial score (nSPS) is 11.6. The average molecular weight is 352 g/mol. The lowest BCUT2D eigenvalue weighted by atomic mass is 10.1. The van der Waals surface area contributed by atoms with Crippen LogP contribution in [0.15, 0.2) is 51.2 Å². The Morgan fingerprint density at radius 3 is 2.65 bits per heavy atom. The molecule has 5 heteroatoms. The number of halogens is 1. The molecule has 106 valence electrons. The largest absolute Gasteiger partial charge is 0.308 e. The van der Waals surface area contributed by atoms with Crippen LogP contribution in [-0.4, -0.2) is 15.5 Å². The zero-order valence-corrected chi connectivity index (χ0v) is 14.3. The monoisotopic (exact) mass is 351 g/mol. The van der Waals surface area contributed by atoms with Crippen LogP contribution in [-0.2, 0) is 6.54 Å². The lowest BCUT2D eigenvalue weighted by Crippen LogP contribution is -2.35. The van der Waals surface area contributed by atoms with Crippen molar-refractivity contribution in [3.63, 3.8) is 0 Å². The van der Waals surface area contributed by atoms with Gasteiger partial charge in [-0.2, -0.15) is 0 Å². The molecular weight excluding hydrogens is 334 g/mol. The summed E-state index contributed by atoms with van der Waals surface area (Å²) in [5.41, 5.74) is 1.37. The van der Waals surface area contributed by atoms with Crippen LogP contribution in [0.25, 0.3) is 0 Å². The summed E-state index contributed by atoms with van der Waals surface area (Å²) in [6.07, 6.45) is 5.16. The molecule has 0 amide bonds. The molecule has 0 unspecified atom stereocenters. The van der Waals surface area contributed by atoms with E-state index >= 15 is 0 Å². The van der Waals surface area contributed by atoms with Gasteiger partial charge in [0.1, 0.15) is 5.03 Å². The van der Waals surface area contributed by atoms with Crippen molar-refractivity contribution in [2.45, 2.75) is 42.8 Å². The first kappa shape index (κ1) is 15.5. The Hall–Kier alpha value is -0.910. The fraction of sp³-hybridized carbons (Fsp3) is 0.333. The van der Waals surface area contributed by atoms with E-state index in [1.807, 2.05) is 0 Å². The minimum absolute atomic E-state index is 0.118. The van der Waals surface area contributed by atoms with Crippen molar-refractivity contribution >= 4 is 27.7 Å². The highest BCUT2D eigenvalue weighted by atomic mass is 79.9. The van der Waals surface area contributed by atoms with Crippen molar-refractivity contribution < 1.29 is 0 Å². The van der Waals surface area contributed by atoms with Gasteiger partial charge < -0.3 is 5.32 Å². The zero-order chi connectivity index (χ0) is 14.6. The average Bonchev–Trinajstić information content (AvgIpc) is 2.38. The molecule has 1 aromatic heterocycles. The van der Waals surface area contributed by atoms with Crippen LogP contribution < -0.4 is 5.32 Å². The maximum atomic E-state index is 4.27. The second-order valence-corrected chi connectivity index (χ2v) is 7.45. The number of benzene rings is 1. The molecule has 2 aromatic rings. The minimum atomic E-state index is 0.118. The van der Waals surface area contributed by atoms with Gasteiger partial charge in [-0.3, -0.25) is 4.98 Å². The minimum Gasteiger partial charge on any atom is -0.308 e. The van der Waals surface area contributed by atoms with Gasteiger partial charge in [0.15, 0.2) is 0 Å². The molecular formula is C15H18BrN3S. The van der Waals surface area contributed by atoms with Gasteiger partial charge in [0.05, 0.1) is 6.20 Å². The molecule has 1 heterocycles. The topological polar surface area (TPSA) is 37.8 Å². The second kappa shape index (κ2) is 6.70. The fourth-order valence-electron chi connectivity index (χ4n) is 1.55. The van der Waals surface area contributed by atoms with Crippen molar-refractivity contribution in [3.8, 4) is 0 Å². The van der Waals surface area contributed by atoms with Crippen LogP contribution in [0, 0.1) is 0 Å². The first-order valence-corrected chi connectivity index (χ1v) is 8.02. The molecule has 1 N–H and O–H groups in total. The van der Waals surface area contributed by atoms with Crippen LogP contribution in [0.3, 0.4) is 0 Å². The number of nitrogens with zero attached hydrogens (tertiary/aromatic N) is 2.